The van der Waals surface area contributed by atoms with Crippen molar-refractivity contribution < 1.29 is 14.6 Å². The summed E-state index contributed by atoms with van der Waals surface area (Å²) in [5.74, 6) is 0.122. The lowest BCUT2D eigenvalue weighted by Gasteiger charge is -2.37. The van der Waals surface area contributed by atoms with Crippen molar-refractivity contribution in [1.29, 1.82) is 0 Å². The summed E-state index contributed by atoms with van der Waals surface area (Å²) in [5, 5.41) is 9.05. The van der Waals surface area contributed by atoms with Crippen molar-refractivity contribution in [3.8, 4) is 0 Å². The monoisotopic (exact) mass is 200 g/mol. The van der Waals surface area contributed by atoms with Gasteiger partial charge in [-0.3, -0.25) is 9.69 Å². The van der Waals surface area contributed by atoms with E-state index < -0.39 is 0 Å². The minimum Gasteiger partial charge on any atom is -0.389 e. The molecule has 1 amide bonds. The molecule has 5 nitrogen and oxygen atoms in total. The van der Waals surface area contributed by atoms with Crippen LogP contribution in [0, 0.1) is 0 Å². The molecule has 80 valence electrons. The molecule has 0 atom stereocenters. The van der Waals surface area contributed by atoms with Crippen molar-refractivity contribution in [3.05, 3.63) is 0 Å². The largest absolute Gasteiger partial charge is 0.389 e. The van der Waals surface area contributed by atoms with Gasteiger partial charge in [-0.05, 0) is 0 Å². The average molecular weight is 200 g/mol. The third-order valence-electron chi connectivity index (χ3n) is 2.68. The zero-order chi connectivity index (χ0) is 9.97. The van der Waals surface area contributed by atoms with Gasteiger partial charge in [-0.1, -0.05) is 0 Å². The van der Waals surface area contributed by atoms with Crippen LogP contribution < -0.4 is 0 Å². The summed E-state index contributed by atoms with van der Waals surface area (Å²) in [4.78, 5) is 15.4. The molecule has 1 N–H and O–H groups in total. The third-order valence-corrected chi connectivity index (χ3v) is 2.68. The topological polar surface area (TPSA) is 53.0 Å². The number of β-amino-alcohol motifs (C(OH)–C–C–N with tert-alkyl or cyclic N) is 1. The van der Waals surface area contributed by atoms with E-state index in [1.165, 1.54) is 0 Å². The highest BCUT2D eigenvalue weighted by Crippen LogP contribution is 2.08. The van der Waals surface area contributed by atoms with Crippen molar-refractivity contribution in [3.63, 3.8) is 0 Å². The normalized spacial score (nSPS) is 24.8. The second-order valence-corrected chi connectivity index (χ2v) is 3.84. The molecule has 0 bridgehead atoms. The second-order valence-electron chi connectivity index (χ2n) is 3.84. The van der Waals surface area contributed by atoms with Crippen LogP contribution in [-0.4, -0.2) is 72.9 Å². The van der Waals surface area contributed by atoms with Crippen molar-refractivity contribution in [2.75, 3.05) is 45.9 Å². The molecule has 2 aliphatic heterocycles. The minimum atomic E-state index is -0.302. The molecule has 2 rings (SSSR count). The number of morpholine rings is 1. The van der Waals surface area contributed by atoms with E-state index >= 15 is 0 Å². The Bertz CT molecular complexity index is 210. The van der Waals surface area contributed by atoms with Gasteiger partial charge in [0.25, 0.3) is 0 Å². The standard InChI is InChI=1S/C9H16N2O3/c12-8-5-11(6-8)9(13)7-10-1-3-14-4-2-10/h8,12H,1-7H2. The molecular weight excluding hydrogens is 184 g/mol. The van der Waals surface area contributed by atoms with Crippen LogP contribution in [0.2, 0.25) is 0 Å². The van der Waals surface area contributed by atoms with E-state index in [-0.39, 0.29) is 12.0 Å². The molecule has 0 aliphatic carbocycles. The van der Waals surface area contributed by atoms with E-state index in [0.29, 0.717) is 19.6 Å². The number of carbonyl (C=O) groups excluding carboxylic acids is 1. The van der Waals surface area contributed by atoms with Gasteiger partial charge in [0, 0.05) is 26.2 Å². The summed E-state index contributed by atoms with van der Waals surface area (Å²) in [6.45, 7) is 4.58. The van der Waals surface area contributed by atoms with E-state index in [9.17, 15) is 4.79 Å². The van der Waals surface area contributed by atoms with Crippen molar-refractivity contribution in [2.45, 2.75) is 6.10 Å². The number of aliphatic hydroxyl groups excluding tert-OH is 1. The molecule has 2 heterocycles. The van der Waals surface area contributed by atoms with Gasteiger partial charge in [0.1, 0.15) is 0 Å². The molecule has 0 radical (unpaired) electrons. The Balaban J connectivity index is 1.71. The number of nitrogens with zero attached hydrogens (tertiary/aromatic N) is 2. The van der Waals surface area contributed by atoms with E-state index in [2.05, 4.69) is 4.90 Å². The third kappa shape index (κ3) is 2.23. The van der Waals surface area contributed by atoms with Crippen LogP contribution in [0.1, 0.15) is 0 Å². The van der Waals surface area contributed by atoms with Gasteiger partial charge < -0.3 is 14.7 Å². The summed E-state index contributed by atoms with van der Waals surface area (Å²) in [6, 6.07) is 0. The van der Waals surface area contributed by atoms with Crippen LogP contribution in [0.15, 0.2) is 0 Å². The molecule has 0 spiro atoms. The SMILES string of the molecule is O=C(CN1CCOCC1)N1CC(O)C1. The van der Waals surface area contributed by atoms with Crippen LogP contribution in [0.3, 0.4) is 0 Å². The predicted octanol–water partition coefficient (Wildman–Crippen LogP) is -1.48. The quantitative estimate of drug-likeness (QED) is 0.591. The van der Waals surface area contributed by atoms with Gasteiger partial charge in [-0.25, -0.2) is 0 Å². The zero-order valence-corrected chi connectivity index (χ0v) is 8.19. The number of hydrogen-bond donors (Lipinski definition) is 1. The maximum atomic E-state index is 11.6. The summed E-state index contributed by atoms with van der Waals surface area (Å²) in [6.07, 6.45) is -0.302. The Hall–Kier alpha value is -0.650. The van der Waals surface area contributed by atoms with Crippen LogP contribution >= 0.6 is 0 Å². The fourth-order valence-corrected chi connectivity index (χ4v) is 1.71. The predicted molar refractivity (Wildman–Crippen MR) is 49.8 cm³/mol. The Labute approximate surface area is 83.2 Å². The van der Waals surface area contributed by atoms with Crippen LogP contribution in [0.4, 0.5) is 0 Å². The lowest BCUT2D eigenvalue weighted by Crippen LogP contribution is -2.56. The van der Waals surface area contributed by atoms with E-state index in [4.69, 9.17) is 9.84 Å². The first-order chi connectivity index (χ1) is 6.75. The fourth-order valence-electron chi connectivity index (χ4n) is 1.71. The first-order valence-electron chi connectivity index (χ1n) is 5.01. The van der Waals surface area contributed by atoms with Crippen LogP contribution in [0.25, 0.3) is 0 Å². The van der Waals surface area contributed by atoms with Gasteiger partial charge in [0.05, 0.1) is 25.9 Å². The summed E-state index contributed by atoms with van der Waals surface area (Å²) in [5.41, 5.74) is 0. The molecule has 0 aromatic heterocycles. The van der Waals surface area contributed by atoms with Gasteiger partial charge in [0.15, 0.2) is 0 Å². The number of aliphatic hydroxyl groups is 1. The van der Waals surface area contributed by atoms with E-state index in [1.807, 2.05) is 0 Å². The smallest absolute Gasteiger partial charge is 0.236 e. The first kappa shape index (κ1) is 9.89. The summed E-state index contributed by atoms with van der Waals surface area (Å²) < 4.78 is 5.19. The Morgan fingerprint density at radius 3 is 2.57 bits per heavy atom. The average Bonchev–Trinajstić information content (AvgIpc) is 2.14. The highest BCUT2D eigenvalue weighted by Gasteiger charge is 2.29. The van der Waals surface area contributed by atoms with E-state index in [0.717, 1.165) is 26.3 Å². The van der Waals surface area contributed by atoms with Crippen molar-refractivity contribution >= 4 is 5.91 Å². The maximum absolute atomic E-state index is 11.6. The summed E-state index contributed by atoms with van der Waals surface area (Å²) >= 11 is 0. The lowest BCUT2D eigenvalue weighted by molar-refractivity contribution is -0.143. The number of ether oxygens (including phenoxy) is 1. The maximum Gasteiger partial charge on any atom is 0.236 e. The molecule has 0 aromatic carbocycles. The van der Waals surface area contributed by atoms with Gasteiger partial charge in [0.2, 0.25) is 5.91 Å². The van der Waals surface area contributed by atoms with E-state index in [1.54, 1.807) is 4.90 Å². The molecule has 2 fully saturated rings. The number of rotatable bonds is 2. The minimum absolute atomic E-state index is 0.122. The number of hydrogen-bond acceptors (Lipinski definition) is 4. The Morgan fingerprint density at radius 2 is 2.00 bits per heavy atom. The number of likely N-dealkylation sites (tertiary alicyclic amines) is 1. The second kappa shape index (κ2) is 4.25. The molecule has 0 unspecified atom stereocenters. The highest BCUT2D eigenvalue weighted by atomic mass is 16.5. The number of amides is 1. The summed E-state index contributed by atoms with van der Waals surface area (Å²) in [7, 11) is 0. The van der Waals surface area contributed by atoms with Crippen LogP contribution in [-0.2, 0) is 9.53 Å². The first-order valence-corrected chi connectivity index (χ1v) is 5.01. The lowest BCUT2D eigenvalue weighted by atomic mass is 10.1. The van der Waals surface area contributed by atoms with Gasteiger partial charge >= 0.3 is 0 Å². The molecule has 2 saturated heterocycles. The molecule has 14 heavy (non-hydrogen) atoms. The van der Waals surface area contributed by atoms with Crippen molar-refractivity contribution in [2.24, 2.45) is 0 Å². The molecular formula is C9H16N2O3. The molecule has 2 aliphatic rings. The van der Waals surface area contributed by atoms with Crippen molar-refractivity contribution in [1.82, 2.24) is 9.80 Å². The zero-order valence-electron chi connectivity index (χ0n) is 8.19. The van der Waals surface area contributed by atoms with Crippen LogP contribution in [0.5, 0.6) is 0 Å². The molecule has 5 heteroatoms. The Kier molecular flexibility index (Phi) is 3.00. The highest BCUT2D eigenvalue weighted by molar-refractivity contribution is 5.79. The molecule has 0 saturated carbocycles. The van der Waals surface area contributed by atoms with Gasteiger partial charge in [-0.15, -0.1) is 0 Å². The van der Waals surface area contributed by atoms with Gasteiger partial charge in [-0.2, -0.15) is 0 Å². The molecule has 0 aromatic rings. The fraction of sp³-hybridized carbons (Fsp3) is 0.889. The Morgan fingerprint density at radius 1 is 1.36 bits per heavy atom. The number of carbonyl (C=O) groups is 1.